The molecule has 3 nitrogen and oxygen atoms in total. The molecule has 4 heteroatoms. The van der Waals surface area contributed by atoms with Crippen molar-refractivity contribution in [3.05, 3.63) is 41.7 Å². The lowest BCUT2D eigenvalue weighted by molar-refractivity contribution is -0.123. The minimum atomic E-state index is -0.284. The van der Waals surface area contributed by atoms with Crippen LogP contribution in [0.5, 0.6) is 0 Å². The normalized spacial score (nSPS) is 12.2. The molecule has 1 amide bonds. The average molecular weight is 248 g/mol. The Kier molecular flexibility index (Phi) is 5.24. The molecule has 0 spiro atoms. The molecule has 0 aromatic heterocycles. The third-order valence-corrected chi connectivity index (χ3v) is 2.28. The quantitative estimate of drug-likeness (QED) is 0.646. The van der Waals surface area contributed by atoms with Gasteiger partial charge in [0.05, 0.1) is 5.71 Å². The lowest BCUT2D eigenvalue weighted by Gasteiger charge is -2.02. The second kappa shape index (κ2) is 6.69. The molecule has 0 aliphatic heterocycles. The van der Waals surface area contributed by atoms with Crippen LogP contribution < -0.4 is 5.43 Å². The zero-order valence-electron chi connectivity index (χ0n) is 10.8. The van der Waals surface area contributed by atoms with Crippen molar-refractivity contribution in [1.29, 1.82) is 0 Å². The molecule has 18 heavy (non-hydrogen) atoms. The minimum Gasteiger partial charge on any atom is -0.273 e. The van der Waals surface area contributed by atoms with Gasteiger partial charge in [-0.1, -0.05) is 38.1 Å². The van der Waals surface area contributed by atoms with Crippen LogP contribution in [0.1, 0.15) is 26.3 Å². The largest absolute Gasteiger partial charge is 0.273 e. The Labute approximate surface area is 106 Å². The molecule has 1 aromatic carbocycles. The molecule has 0 aliphatic carbocycles. The van der Waals surface area contributed by atoms with Crippen LogP contribution in [-0.4, -0.2) is 11.6 Å². The van der Waals surface area contributed by atoms with Crippen molar-refractivity contribution in [2.45, 2.75) is 20.8 Å². The van der Waals surface area contributed by atoms with Gasteiger partial charge in [-0.2, -0.15) is 5.10 Å². The molecule has 1 N–H and O–H groups in total. The van der Waals surface area contributed by atoms with Crippen molar-refractivity contribution < 1.29 is 9.18 Å². The van der Waals surface area contributed by atoms with E-state index in [9.17, 15) is 9.18 Å². The van der Waals surface area contributed by atoms with Crippen LogP contribution in [0.15, 0.2) is 35.4 Å². The summed E-state index contributed by atoms with van der Waals surface area (Å²) in [5.74, 6) is -0.543. The van der Waals surface area contributed by atoms with Crippen LogP contribution >= 0.6 is 0 Å². The van der Waals surface area contributed by atoms with Gasteiger partial charge >= 0.3 is 0 Å². The van der Waals surface area contributed by atoms with Crippen LogP contribution in [0.2, 0.25) is 0 Å². The first-order valence-corrected chi connectivity index (χ1v) is 5.77. The fourth-order valence-corrected chi connectivity index (χ4v) is 1.13. The van der Waals surface area contributed by atoms with Crippen molar-refractivity contribution in [3.63, 3.8) is 0 Å². The fourth-order valence-electron chi connectivity index (χ4n) is 1.13. The molecule has 0 saturated heterocycles. The average Bonchev–Trinajstić information content (AvgIpc) is 2.34. The highest BCUT2D eigenvalue weighted by atomic mass is 19.1. The van der Waals surface area contributed by atoms with Gasteiger partial charge in [0.15, 0.2) is 0 Å². The first-order chi connectivity index (χ1) is 8.50. The molecule has 0 bridgehead atoms. The third kappa shape index (κ3) is 4.49. The first-order valence-electron chi connectivity index (χ1n) is 5.77. The number of amides is 1. The van der Waals surface area contributed by atoms with Crippen molar-refractivity contribution in [2.75, 3.05) is 0 Å². The monoisotopic (exact) mass is 248 g/mol. The lowest BCUT2D eigenvalue weighted by atomic mass is 10.2. The molecule has 0 unspecified atom stereocenters. The summed E-state index contributed by atoms with van der Waals surface area (Å²) in [6, 6.07) is 6.46. The van der Waals surface area contributed by atoms with Gasteiger partial charge in [-0.25, -0.2) is 9.82 Å². The van der Waals surface area contributed by atoms with Crippen LogP contribution in [0.25, 0.3) is 6.08 Å². The number of hydrogen-bond donors (Lipinski definition) is 1. The lowest BCUT2D eigenvalue weighted by Crippen LogP contribution is -2.23. The molecule has 0 heterocycles. The van der Waals surface area contributed by atoms with E-state index in [0.29, 0.717) is 11.3 Å². The zero-order chi connectivity index (χ0) is 13.5. The number of nitrogens with zero attached hydrogens (tertiary/aromatic N) is 1. The number of halogens is 1. The van der Waals surface area contributed by atoms with Gasteiger partial charge in [0, 0.05) is 11.5 Å². The van der Waals surface area contributed by atoms with E-state index in [1.54, 1.807) is 51.1 Å². The van der Waals surface area contributed by atoms with Crippen LogP contribution in [-0.2, 0) is 4.79 Å². The number of rotatable bonds is 4. The minimum absolute atomic E-state index is 0.114. The Morgan fingerprint density at radius 2 is 2.06 bits per heavy atom. The third-order valence-electron chi connectivity index (χ3n) is 2.28. The molecule has 1 aromatic rings. The van der Waals surface area contributed by atoms with E-state index in [0.717, 1.165) is 0 Å². The maximum Gasteiger partial charge on any atom is 0.242 e. The summed E-state index contributed by atoms with van der Waals surface area (Å²) < 4.78 is 13.3. The molecule has 0 fully saturated rings. The van der Waals surface area contributed by atoms with E-state index in [2.05, 4.69) is 10.5 Å². The summed E-state index contributed by atoms with van der Waals surface area (Å²) in [5, 5.41) is 3.90. The van der Waals surface area contributed by atoms with Crippen molar-refractivity contribution >= 4 is 17.7 Å². The van der Waals surface area contributed by atoms with E-state index in [4.69, 9.17) is 0 Å². The van der Waals surface area contributed by atoms with Gasteiger partial charge in [-0.05, 0) is 19.1 Å². The summed E-state index contributed by atoms with van der Waals surface area (Å²) in [4.78, 5) is 11.3. The Bertz CT molecular complexity index is 478. The van der Waals surface area contributed by atoms with Crippen molar-refractivity contribution in [2.24, 2.45) is 11.0 Å². The van der Waals surface area contributed by atoms with E-state index < -0.39 is 0 Å². The standard InChI is InChI=1S/C14H17FN2O/c1-10(2)14(18)17-16-11(3)8-9-12-6-4-5-7-13(12)15/h4-10H,1-3H3,(H,17,18)/b9-8-,16-11?. The first kappa shape index (κ1) is 14.1. The van der Waals surface area contributed by atoms with E-state index in [1.165, 1.54) is 6.07 Å². The number of carbonyl (C=O) groups excluding carboxylic acids is 1. The molecule has 0 radical (unpaired) electrons. The predicted octanol–water partition coefficient (Wildman–Crippen LogP) is 2.99. The van der Waals surface area contributed by atoms with Crippen LogP contribution in [0.4, 0.5) is 4.39 Å². The molecule has 0 aliphatic rings. The molecule has 0 atom stereocenters. The Morgan fingerprint density at radius 1 is 1.39 bits per heavy atom. The van der Waals surface area contributed by atoms with Crippen molar-refractivity contribution in [1.82, 2.24) is 5.43 Å². The van der Waals surface area contributed by atoms with E-state index in [-0.39, 0.29) is 17.6 Å². The van der Waals surface area contributed by atoms with Crippen LogP contribution in [0, 0.1) is 11.7 Å². The smallest absolute Gasteiger partial charge is 0.242 e. The predicted molar refractivity (Wildman–Crippen MR) is 71.5 cm³/mol. The summed E-state index contributed by atoms with van der Waals surface area (Å²) >= 11 is 0. The SMILES string of the molecule is CC(/C=C\c1ccccc1F)=NNC(=O)C(C)C. The number of carbonyl (C=O) groups is 1. The maximum atomic E-state index is 13.3. The zero-order valence-corrected chi connectivity index (χ0v) is 10.8. The Hall–Kier alpha value is -1.97. The van der Waals surface area contributed by atoms with Gasteiger partial charge in [-0.3, -0.25) is 4.79 Å². The van der Waals surface area contributed by atoms with Crippen molar-refractivity contribution in [3.8, 4) is 0 Å². The van der Waals surface area contributed by atoms with Gasteiger partial charge in [-0.15, -0.1) is 0 Å². The number of benzene rings is 1. The number of hydrogen-bond acceptors (Lipinski definition) is 2. The van der Waals surface area contributed by atoms with Gasteiger partial charge in [0.1, 0.15) is 5.82 Å². The summed E-state index contributed by atoms with van der Waals surface area (Å²) in [5.41, 5.74) is 3.53. The number of hydrazone groups is 1. The summed E-state index contributed by atoms with van der Waals surface area (Å²) in [6.45, 7) is 5.31. The molecule has 1 rings (SSSR count). The number of nitrogens with one attached hydrogen (secondary N) is 1. The van der Waals surface area contributed by atoms with E-state index >= 15 is 0 Å². The molecule has 0 saturated carbocycles. The summed E-state index contributed by atoms with van der Waals surface area (Å²) in [6.07, 6.45) is 3.27. The number of allylic oxidation sites excluding steroid dienone is 1. The highest BCUT2D eigenvalue weighted by Gasteiger charge is 2.04. The van der Waals surface area contributed by atoms with Crippen LogP contribution in [0.3, 0.4) is 0 Å². The molecule has 96 valence electrons. The molecular weight excluding hydrogens is 231 g/mol. The van der Waals surface area contributed by atoms with Gasteiger partial charge in [0.2, 0.25) is 5.91 Å². The Morgan fingerprint density at radius 3 is 2.67 bits per heavy atom. The Balaban J connectivity index is 2.65. The van der Waals surface area contributed by atoms with E-state index in [1.807, 2.05) is 0 Å². The topological polar surface area (TPSA) is 41.5 Å². The second-order valence-corrected chi connectivity index (χ2v) is 4.24. The highest BCUT2D eigenvalue weighted by Crippen LogP contribution is 2.08. The molecular formula is C14H17FN2O. The summed E-state index contributed by atoms with van der Waals surface area (Å²) in [7, 11) is 0. The van der Waals surface area contributed by atoms with Gasteiger partial charge in [0.25, 0.3) is 0 Å². The maximum absolute atomic E-state index is 13.3. The van der Waals surface area contributed by atoms with Gasteiger partial charge < -0.3 is 0 Å². The fraction of sp³-hybridized carbons (Fsp3) is 0.286. The second-order valence-electron chi connectivity index (χ2n) is 4.24. The highest BCUT2D eigenvalue weighted by molar-refractivity contribution is 5.97.